The van der Waals surface area contributed by atoms with E-state index < -0.39 is 0 Å². The van der Waals surface area contributed by atoms with E-state index in [-0.39, 0.29) is 28.8 Å². The minimum absolute atomic E-state index is 0.00582. The van der Waals surface area contributed by atoms with Crippen molar-refractivity contribution in [3.63, 3.8) is 0 Å². The van der Waals surface area contributed by atoms with E-state index in [1.54, 1.807) is 9.47 Å². The topological polar surface area (TPSA) is 109 Å². The Kier molecular flexibility index (Phi) is 6.08. The monoisotopic (exact) mass is 389 g/mol. The molecule has 0 aliphatic carbocycles. The molecule has 152 valence electrons. The molecule has 0 radical (unpaired) electrons. The number of carbonyl (C=O) groups excluding carboxylic acids is 1. The summed E-state index contributed by atoms with van der Waals surface area (Å²) in [7, 11) is 3.91. The third kappa shape index (κ3) is 4.22. The SMILES string of the molecule is CCn1c(C2CCCN(C(=O)c3c[nH]c(=O)cn3)C2)nn(CCN(C)C)c1=O. The molecule has 1 aliphatic heterocycles. The van der Waals surface area contributed by atoms with E-state index in [2.05, 4.69) is 15.1 Å². The standard InChI is InChI=1S/C18H27N7O3/c1-4-24-16(21-25(18(24)28)9-8-22(2)3)13-6-5-7-23(12-13)17(27)14-10-20-15(26)11-19-14/h10-11,13H,4-9,12H2,1-3H3,(H,20,26). The third-order valence-electron chi connectivity index (χ3n) is 4.99. The van der Waals surface area contributed by atoms with Crippen molar-refractivity contribution in [2.45, 2.75) is 38.8 Å². The normalized spacial score (nSPS) is 17.3. The molecule has 3 heterocycles. The summed E-state index contributed by atoms with van der Waals surface area (Å²) in [5, 5.41) is 4.59. The molecular weight excluding hydrogens is 362 g/mol. The first kappa shape index (κ1) is 20.0. The predicted molar refractivity (Wildman–Crippen MR) is 103 cm³/mol. The number of H-pyrrole nitrogens is 1. The lowest BCUT2D eigenvalue weighted by atomic mass is 9.97. The second-order valence-corrected chi connectivity index (χ2v) is 7.30. The van der Waals surface area contributed by atoms with Gasteiger partial charge in [-0.15, -0.1) is 0 Å². The summed E-state index contributed by atoms with van der Waals surface area (Å²) in [6, 6.07) is 0. The molecule has 2 aromatic heterocycles. The quantitative estimate of drug-likeness (QED) is 0.728. The highest BCUT2D eigenvalue weighted by Crippen LogP contribution is 2.25. The highest BCUT2D eigenvalue weighted by molar-refractivity contribution is 5.92. The molecule has 2 aromatic rings. The second-order valence-electron chi connectivity index (χ2n) is 7.30. The molecule has 0 saturated carbocycles. The maximum absolute atomic E-state index is 12.7. The number of aromatic amines is 1. The smallest absolute Gasteiger partial charge is 0.337 e. The molecule has 0 bridgehead atoms. The predicted octanol–water partition coefficient (Wildman–Crippen LogP) is -0.271. The van der Waals surface area contributed by atoms with E-state index in [0.29, 0.717) is 26.2 Å². The average Bonchev–Trinajstić information content (AvgIpc) is 3.02. The molecule has 1 fully saturated rings. The van der Waals surface area contributed by atoms with E-state index in [0.717, 1.165) is 31.4 Å². The van der Waals surface area contributed by atoms with Gasteiger partial charge >= 0.3 is 5.69 Å². The zero-order chi connectivity index (χ0) is 20.3. The Morgan fingerprint density at radius 3 is 2.79 bits per heavy atom. The van der Waals surface area contributed by atoms with Crippen molar-refractivity contribution >= 4 is 5.91 Å². The maximum atomic E-state index is 12.7. The number of hydrogen-bond donors (Lipinski definition) is 1. The lowest BCUT2D eigenvalue weighted by Gasteiger charge is -2.32. The van der Waals surface area contributed by atoms with Crippen molar-refractivity contribution in [2.24, 2.45) is 0 Å². The van der Waals surface area contributed by atoms with E-state index in [4.69, 9.17) is 0 Å². The molecule has 0 aromatic carbocycles. The largest absolute Gasteiger partial charge is 0.345 e. The van der Waals surface area contributed by atoms with Crippen LogP contribution >= 0.6 is 0 Å². The average molecular weight is 389 g/mol. The number of amides is 1. The number of aromatic nitrogens is 5. The molecule has 1 unspecified atom stereocenters. The summed E-state index contributed by atoms with van der Waals surface area (Å²) < 4.78 is 3.22. The first-order chi connectivity index (χ1) is 13.4. The summed E-state index contributed by atoms with van der Waals surface area (Å²) in [4.78, 5) is 46.7. The molecule has 1 N–H and O–H groups in total. The van der Waals surface area contributed by atoms with Crippen LogP contribution in [0.25, 0.3) is 0 Å². The van der Waals surface area contributed by atoms with Gasteiger partial charge in [-0.1, -0.05) is 0 Å². The highest BCUT2D eigenvalue weighted by atomic mass is 16.2. The number of likely N-dealkylation sites (tertiary alicyclic amines) is 1. The van der Waals surface area contributed by atoms with E-state index in [9.17, 15) is 14.4 Å². The van der Waals surface area contributed by atoms with Gasteiger partial charge < -0.3 is 14.8 Å². The van der Waals surface area contributed by atoms with Crippen LogP contribution in [-0.2, 0) is 13.1 Å². The van der Waals surface area contributed by atoms with Crippen LogP contribution in [0, 0.1) is 0 Å². The van der Waals surface area contributed by atoms with Crippen LogP contribution in [0.1, 0.15) is 42.0 Å². The van der Waals surface area contributed by atoms with Crippen LogP contribution in [0.4, 0.5) is 0 Å². The molecule has 10 nitrogen and oxygen atoms in total. The Labute approximate surface area is 162 Å². The van der Waals surface area contributed by atoms with E-state index in [1.165, 1.54) is 10.9 Å². The van der Waals surface area contributed by atoms with E-state index in [1.807, 2.05) is 25.9 Å². The fourth-order valence-electron chi connectivity index (χ4n) is 3.49. The van der Waals surface area contributed by atoms with Crippen LogP contribution in [0.2, 0.25) is 0 Å². The van der Waals surface area contributed by atoms with Crippen molar-refractivity contribution in [1.82, 2.24) is 34.1 Å². The first-order valence-electron chi connectivity index (χ1n) is 9.57. The molecule has 1 atom stereocenters. The molecule has 1 aliphatic rings. The van der Waals surface area contributed by atoms with Crippen molar-refractivity contribution in [2.75, 3.05) is 33.7 Å². The fourth-order valence-corrected chi connectivity index (χ4v) is 3.49. The molecule has 10 heteroatoms. The Hall–Kier alpha value is -2.75. The van der Waals surface area contributed by atoms with Gasteiger partial charge in [0.15, 0.2) is 0 Å². The molecule has 0 spiro atoms. The first-order valence-corrected chi connectivity index (χ1v) is 9.57. The number of likely N-dealkylation sites (N-methyl/N-ethyl adjacent to an activating group) is 1. The van der Waals surface area contributed by atoms with Gasteiger partial charge in [0.2, 0.25) is 0 Å². The molecular formula is C18H27N7O3. The molecule has 3 rings (SSSR count). The van der Waals surface area contributed by atoms with Crippen LogP contribution in [0.15, 0.2) is 22.0 Å². The summed E-state index contributed by atoms with van der Waals surface area (Å²) in [5.41, 5.74) is -0.238. The minimum atomic E-state index is -0.344. The van der Waals surface area contributed by atoms with Crippen LogP contribution in [-0.4, -0.2) is 73.8 Å². The van der Waals surface area contributed by atoms with Gasteiger partial charge in [0.1, 0.15) is 11.5 Å². The zero-order valence-electron chi connectivity index (χ0n) is 16.6. The van der Waals surface area contributed by atoms with Gasteiger partial charge in [0, 0.05) is 38.3 Å². The number of piperidine rings is 1. The van der Waals surface area contributed by atoms with Crippen LogP contribution in [0.3, 0.4) is 0 Å². The Morgan fingerprint density at radius 1 is 1.36 bits per heavy atom. The van der Waals surface area contributed by atoms with Crippen molar-refractivity contribution < 1.29 is 4.79 Å². The lowest BCUT2D eigenvalue weighted by molar-refractivity contribution is 0.0696. The number of nitrogens with one attached hydrogen (secondary N) is 1. The van der Waals surface area contributed by atoms with Gasteiger partial charge in [0.25, 0.3) is 11.5 Å². The van der Waals surface area contributed by atoms with Crippen molar-refractivity contribution in [1.29, 1.82) is 0 Å². The summed E-state index contributed by atoms with van der Waals surface area (Å²) in [6.45, 7) is 4.83. The minimum Gasteiger partial charge on any atom is -0.337 e. The Balaban J connectivity index is 1.81. The second kappa shape index (κ2) is 8.51. The maximum Gasteiger partial charge on any atom is 0.345 e. The number of carbonyl (C=O) groups is 1. The van der Waals surface area contributed by atoms with Gasteiger partial charge in [-0.2, -0.15) is 5.10 Å². The van der Waals surface area contributed by atoms with Crippen LogP contribution in [0.5, 0.6) is 0 Å². The zero-order valence-corrected chi connectivity index (χ0v) is 16.6. The Morgan fingerprint density at radius 2 is 2.14 bits per heavy atom. The summed E-state index contributed by atoms with van der Waals surface area (Å²) in [6.07, 6.45) is 4.14. The fraction of sp³-hybridized carbons (Fsp3) is 0.611. The van der Waals surface area contributed by atoms with Crippen molar-refractivity contribution in [3.8, 4) is 0 Å². The lowest BCUT2D eigenvalue weighted by Crippen LogP contribution is -2.40. The molecule has 1 amide bonds. The summed E-state index contributed by atoms with van der Waals surface area (Å²) in [5.74, 6) is 0.505. The number of hydrogen-bond acceptors (Lipinski definition) is 6. The van der Waals surface area contributed by atoms with Crippen molar-refractivity contribution in [3.05, 3.63) is 44.8 Å². The van der Waals surface area contributed by atoms with Gasteiger partial charge in [-0.25, -0.2) is 14.5 Å². The summed E-state index contributed by atoms with van der Waals surface area (Å²) >= 11 is 0. The highest BCUT2D eigenvalue weighted by Gasteiger charge is 2.30. The Bertz CT molecular complexity index is 923. The molecule has 28 heavy (non-hydrogen) atoms. The third-order valence-corrected chi connectivity index (χ3v) is 4.99. The van der Waals surface area contributed by atoms with Gasteiger partial charge in [-0.3, -0.25) is 14.2 Å². The number of nitrogens with zero attached hydrogens (tertiary/aromatic N) is 6. The van der Waals surface area contributed by atoms with Gasteiger partial charge in [-0.05, 0) is 33.9 Å². The van der Waals surface area contributed by atoms with E-state index >= 15 is 0 Å². The van der Waals surface area contributed by atoms with Crippen LogP contribution < -0.4 is 11.2 Å². The molecule has 1 saturated heterocycles. The number of rotatable bonds is 6. The van der Waals surface area contributed by atoms with Gasteiger partial charge in [0.05, 0.1) is 12.7 Å².